The number of thioether (sulfide) groups is 1. The lowest BCUT2D eigenvalue weighted by atomic mass is 10.1. The Morgan fingerprint density at radius 1 is 1.12 bits per heavy atom. The van der Waals surface area contributed by atoms with Crippen LogP contribution in [0.3, 0.4) is 0 Å². The summed E-state index contributed by atoms with van der Waals surface area (Å²) < 4.78 is 5.34. The molecule has 3 aromatic carbocycles. The normalized spacial score (nSPS) is 19.2. The maximum Gasteiger partial charge on any atom is 0.323 e. The summed E-state index contributed by atoms with van der Waals surface area (Å²) in [7, 11) is 1.62. The van der Waals surface area contributed by atoms with Gasteiger partial charge in [-0.15, -0.1) is 11.8 Å². The fourth-order valence-electron chi connectivity index (χ4n) is 4.44. The third-order valence-electron chi connectivity index (χ3n) is 5.90. The number of anilines is 2. The molecule has 1 atom stereocenters. The standard InChI is InChI=1S/C25H22ClN3O3S/c1-32-20-9-4-6-17(14-20)16-28-22-11-3-2-10-21(22)25(23(28)30)29(12-13-33-25)24(31)27-19-8-5-7-18(26)15-19/h2-11,14-15H,12-13,16H2,1H3,(H,27,31)/t25-/m1/s1. The fourth-order valence-corrected chi connectivity index (χ4v) is 6.09. The molecule has 3 aromatic rings. The van der Waals surface area contributed by atoms with Gasteiger partial charge in [0.05, 0.1) is 19.3 Å². The van der Waals surface area contributed by atoms with Crippen LogP contribution in [0.2, 0.25) is 5.02 Å². The van der Waals surface area contributed by atoms with Crippen molar-refractivity contribution in [3.05, 3.63) is 88.9 Å². The van der Waals surface area contributed by atoms with E-state index in [4.69, 9.17) is 16.3 Å². The molecule has 1 saturated heterocycles. The molecule has 6 nitrogen and oxygen atoms in total. The Hall–Kier alpha value is -3.16. The molecule has 1 spiro atoms. The molecule has 33 heavy (non-hydrogen) atoms. The molecule has 0 saturated carbocycles. The molecule has 1 N–H and O–H groups in total. The summed E-state index contributed by atoms with van der Waals surface area (Å²) >= 11 is 7.58. The summed E-state index contributed by atoms with van der Waals surface area (Å²) in [6.07, 6.45) is 0. The van der Waals surface area contributed by atoms with Crippen LogP contribution in [0, 0.1) is 0 Å². The predicted octanol–water partition coefficient (Wildman–Crippen LogP) is 5.33. The van der Waals surface area contributed by atoms with Gasteiger partial charge >= 0.3 is 6.03 Å². The fraction of sp³-hybridized carbons (Fsp3) is 0.200. The van der Waals surface area contributed by atoms with Gasteiger partial charge in [0.25, 0.3) is 5.91 Å². The third-order valence-corrected chi connectivity index (χ3v) is 7.55. The number of urea groups is 1. The van der Waals surface area contributed by atoms with Gasteiger partial charge in [-0.05, 0) is 42.0 Å². The highest BCUT2D eigenvalue weighted by Gasteiger charge is 2.59. The lowest BCUT2D eigenvalue weighted by Crippen LogP contribution is -2.51. The third kappa shape index (κ3) is 3.71. The van der Waals surface area contributed by atoms with E-state index in [0.717, 1.165) is 22.6 Å². The number of rotatable bonds is 4. The number of methoxy groups -OCH3 is 1. The molecule has 2 aliphatic heterocycles. The van der Waals surface area contributed by atoms with E-state index in [2.05, 4.69) is 5.32 Å². The minimum absolute atomic E-state index is 0.115. The Kier molecular flexibility index (Phi) is 5.68. The highest BCUT2D eigenvalue weighted by Crippen LogP contribution is 2.54. The molecular weight excluding hydrogens is 458 g/mol. The van der Waals surface area contributed by atoms with Gasteiger partial charge in [0, 0.05) is 28.6 Å². The first kappa shape index (κ1) is 21.7. The number of benzene rings is 3. The van der Waals surface area contributed by atoms with Gasteiger partial charge in [0.1, 0.15) is 5.75 Å². The lowest BCUT2D eigenvalue weighted by Gasteiger charge is -2.33. The average molecular weight is 480 g/mol. The van der Waals surface area contributed by atoms with E-state index in [1.807, 2.05) is 48.5 Å². The molecule has 1 fully saturated rings. The van der Waals surface area contributed by atoms with Crippen molar-refractivity contribution < 1.29 is 14.3 Å². The van der Waals surface area contributed by atoms with Crippen molar-refractivity contribution in [3.63, 3.8) is 0 Å². The van der Waals surface area contributed by atoms with Crippen molar-refractivity contribution in [3.8, 4) is 5.75 Å². The molecule has 0 bridgehead atoms. The van der Waals surface area contributed by atoms with Gasteiger partial charge in [0.2, 0.25) is 0 Å². The van der Waals surface area contributed by atoms with Crippen LogP contribution in [0.5, 0.6) is 5.75 Å². The van der Waals surface area contributed by atoms with Gasteiger partial charge in [-0.3, -0.25) is 9.69 Å². The van der Waals surface area contributed by atoms with Gasteiger partial charge in [-0.1, -0.05) is 48.0 Å². The second kappa shape index (κ2) is 8.65. The number of halogens is 1. The summed E-state index contributed by atoms with van der Waals surface area (Å²) in [6, 6.07) is 22.0. The number of carbonyl (C=O) groups is 2. The predicted molar refractivity (Wildman–Crippen MR) is 132 cm³/mol. The van der Waals surface area contributed by atoms with E-state index < -0.39 is 4.87 Å². The summed E-state index contributed by atoms with van der Waals surface area (Å²) in [6.45, 7) is 0.850. The van der Waals surface area contributed by atoms with Crippen molar-refractivity contribution in [2.24, 2.45) is 0 Å². The van der Waals surface area contributed by atoms with E-state index >= 15 is 0 Å². The van der Waals surface area contributed by atoms with Crippen molar-refractivity contribution in [1.82, 2.24) is 4.90 Å². The van der Waals surface area contributed by atoms with Crippen LogP contribution >= 0.6 is 23.4 Å². The van der Waals surface area contributed by atoms with Crippen LogP contribution in [-0.2, 0) is 16.2 Å². The maximum absolute atomic E-state index is 14.0. The SMILES string of the molecule is COc1cccc(CN2C(=O)[C@]3(SCCN3C(=O)Nc3cccc(Cl)c3)c3ccccc32)c1. The van der Waals surface area contributed by atoms with E-state index in [9.17, 15) is 9.59 Å². The largest absolute Gasteiger partial charge is 0.497 e. The monoisotopic (exact) mass is 479 g/mol. The van der Waals surface area contributed by atoms with Crippen LogP contribution in [-0.4, -0.2) is 36.2 Å². The van der Waals surface area contributed by atoms with Gasteiger partial charge in [0.15, 0.2) is 4.87 Å². The van der Waals surface area contributed by atoms with Crippen molar-refractivity contribution in [2.75, 3.05) is 29.6 Å². The number of carbonyl (C=O) groups excluding carboxylic acids is 2. The zero-order valence-corrected chi connectivity index (χ0v) is 19.5. The number of nitrogens with one attached hydrogen (secondary N) is 1. The zero-order chi connectivity index (χ0) is 23.0. The number of para-hydroxylation sites is 1. The molecule has 0 unspecified atom stereocenters. The Morgan fingerprint density at radius 2 is 1.94 bits per heavy atom. The minimum Gasteiger partial charge on any atom is -0.497 e. The Bertz CT molecular complexity index is 1240. The molecule has 0 aliphatic carbocycles. The molecule has 3 amide bonds. The molecule has 168 valence electrons. The number of amides is 3. The molecule has 0 aromatic heterocycles. The van der Waals surface area contributed by atoms with Gasteiger partial charge in [-0.2, -0.15) is 0 Å². The van der Waals surface area contributed by atoms with Crippen molar-refractivity contribution in [1.29, 1.82) is 0 Å². The Morgan fingerprint density at radius 3 is 2.76 bits per heavy atom. The molecule has 0 radical (unpaired) electrons. The lowest BCUT2D eigenvalue weighted by molar-refractivity contribution is -0.123. The van der Waals surface area contributed by atoms with Crippen LogP contribution in [0.4, 0.5) is 16.2 Å². The quantitative estimate of drug-likeness (QED) is 0.549. The first-order chi connectivity index (χ1) is 16.0. The number of ether oxygens (including phenoxy) is 1. The van der Waals surface area contributed by atoms with Crippen LogP contribution in [0.1, 0.15) is 11.1 Å². The molecule has 5 rings (SSSR count). The molecule has 8 heteroatoms. The number of nitrogens with zero attached hydrogens (tertiary/aromatic N) is 2. The smallest absolute Gasteiger partial charge is 0.323 e. The second-order valence-corrected chi connectivity index (χ2v) is 9.57. The van der Waals surface area contributed by atoms with Crippen LogP contribution < -0.4 is 15.0 Å². The summed E-state index contributed by atoms with van der Waals surface area (Å²) in [4.78, 5) is 29.7. The molecule has 2 aliphatic rings. The van der Waals surface area contributed by atoms with Crippen molar-refractivity contribution in [2.45, 2.75) is 11.4 Å². The highest BCUT2D eigenvalue weighted by atomic mass is 35.5. The van der Waals surface area contributed by atoms with E-state index in [-0.39, 0.29) is 11.9 Å². The van der Waals surface area contributed by atoms with E-state index in [1.165, 1.54) is 11.8 Å². The Balaban J connectivity index is 1.50. The molecular formula is C25H22ClN3O3S. The Labute approximate surface area is 201 Å². The average Bonchev–Trinajstić information content (AvgIpc) is 3.37. The topological polar surface area (TPSA) is 61.9 Å². The highest BCUT2D eigenvalue weighted by molar-refractivity contribution is 8.01. The van der Waals surface area contributed by atoms with Gasteiger partial charge in [-0.25, -0.2) is 4.79 Å². The molecule has 2 heterocycles. The van der Waals surface area contributed by atoms with Gasteiger partial charge < -0.3 is 15.0 Å². The van der Waals surface area contributed by atoms with Crippen LogP contribution in [0.25, 0.3) is 0 Å². The van der Waals surface area contributed by atoms with Crippen LogP contribution in [0.15, 0.2) is 72.8 Å². The maximum atomic E-state index is 14.0. The van der Waals surface area contributed by atoms with E-state index in [0.29, 0.717) is 29.6 Å². The summed E-state index contributed by atoms with van der Waals surface area (Å²) in [5, 5.41) is 3.44. The van der Waals surface area contributed by atoms with Crippen molar-refractivity contribution >= 4 is 46.7 Å². The number of fused-ring (bicyclic) bond motifs is 2. The summed E-state index contributed by atoms with van der Waals surface area (Å²) in [5.41, 5.74) is 3.20. The number of hydrogen-bond donors (Lipinski definition) is 1. The minimum atomic E-state index is -1.10. The first-order valence-corrected chi connectivity index (χ1v) is 11.9. The number of hydrogen-bond acceptors (Lipinski definition) is 4. The second-order valence-electron chi connectivity index (χ2n) is 7.84. The summed E-state index contributed by atoms with van der Waals surface area (Å²) in [5.74, 6) is 1.28. The van der Waals surface area contributed by atoms with E-state index in [1.54, 1.807) is 41.2 Å². The zero-order valence-electron chi connectivity index (χ0n) is 18.0. The first-order valence-electron chi connectivity index (χ1n) is 10.6.